The molecule has 0 saturated carbocycles. The number of hydrogen-bond donors (Lipinski definition) is 2. The SMILES string of the molecule is Cc1ccc(Cl)cc1NC(=O)CCNCCc1ccc(Cl)cc1. The van der Waals surface area contributed by atoms with E-state index in [0.717, 1.165) is 29.2 Å². The highest BCUT2D eigenvalue weighted by Gasteiger charge is 2.05. The van der Waals surface area contributed by atoms with Crippen molar-refractivity contribution in [2.75, 3.05) is 18.4 Å². The fraction of sp³-hybridized carbons (Fsp3) is 0.278. The van der Waals surface area contributed by atoms with E-state index in [2.05, 4.69) is 10.6 Å². The Morgan fingerprint density at radius 3 is 2.43 bits per heavy atom. The molecule has 0 aliphatic rings. The van der Waals surface area contributed by atoms with Crippen LogP contribution in [0, 0.1) is 6.92 Å². The van der Waals surface area contributed by atoms with Crippen LogP contribution in [0.2, 0.25) is 10.0 Å². The molecule has 2 aromatic rings. The molecule has 0 saturated heterocycles. The van der Waals surface area contributed by atoms with Gasteiger partial charge in [-0.25, -0.2) is 0 Å². The second-order valence-corrected chi connectivity index (χ2v) is 6.26. The molecule has 0 bridgehead atoms. The van der Waals surface area contributed by atoms with E-state index in [1.807, 2.05) is 43.3 Å². The van der Waals surface area contributed by atoms with Crippen molar-refractivity contribution in [1.29, 1.82) is 0 Å². The van der Waals surface area contributed by atoms with Crippen LogP contribution in [0.25, 0.3) is 0 Å². The van der Waals surface area contributed by atoms with Gasteiger partial charge in [0.25, 0.3) is 0 Å². The molecule has 3 nitrogen and oxygen atoms in total. The number of aryl methyl sites for hydroxylation is 1. The Kier molecular flexibility index (Phi) is 6.90. The van der Waals surface area contributed by atoms with Crippen molar-refractivity contribution in [1.82, 2.24) is 5.32 Å². The fourth-order valence-electron chi connectivity index (χ4n) is 2.15. The lowest BCUT2D eigenvalue weighted by Gasteiger charge is -2.09. The van der Waals surface area contributed by atoms with Crippen LogP contribution in [0.1, 0.15) is 17.5 Å². The molecule has 0 heterocycles. The van der Waals surface area contributed by atoms with Gasteiger partial charge >= 0.3 is 0 Å². The number of amides is 1. The number of halogens is 2. The van der Waals surface area contributed by atoms with Gasteiger partial charge in [0.05, 0.1) is 0 Å². The normalized spacial score (nSPS) is 10.6. The lowest BCUT2D eigenvalue weighted by Crippen LogP contribution is -2.23. The van der Waals surface area contributed by atoms with Crippen molar-refractivity contribution in [2.24, 2.45) is 0 Å². The molecular weight excluding hydrogens is 331 g/mol. The zero-order valence-corrected chi connectivity index (χ0v) is 14.5. The average Bonchev–Trinajstić information content (AvgIpc) is 2.52. The van der Waals surface area contributed by atoms with Crippen LogP contribution in [0.15, 0.2) is 42.5 Å². The first-order valence-corrected chi connectivity index (χ1v) is 8.31. The Balaban J connectivity index is 1.67. The summed E-state index contributed by atoms with van der Waals surface area (Å²) in [7, 11) is 0. The Labute approximate surface area is 147 Å². The maximum atomic E-state index is 11.9. The summed E-state index contributed by atoms with van der Waals surface area (Å²) >= 11 is 11.8. The van der Waals surface area contributed by atoms with Gasteiger partial charge in [-0.1, -0.05) is 41.4 Å². The van der Waals surface area contributed by atoms with Gasteiger partial charge in [0, 0.05) is 28.7 Å². The van der Waals surface area contributed by atoms with Crippen LogP contribution in [0.5, 0.6) is 0 Å². The maximum absolute atomic E-state index is 11.9. The number of anilines is 1. The lowest BCUT2D eigenvalue weighted by atomic mass is 10.1. The van der Waals surface area contributed by atoms with E-state index in [-0.39, 0.29) is 5.91 Å². The van der Waals surface area contributed by atoms with Crippen LogP contribution < -0.4 is 10.6 Å². The number of carbonyl (C=O) groups excluding carboxylic acids is 1. The third-order valence-electron chi connectivity index (χ3n) is 3.51. The summed E-state index contributed by atoms with van der Waals surface area (Å²) < 4.78 is 0. The molecule has 122 valence electrons. The quantitative estimate of drug-likeness (QED) is 0.723. The molecule has 5 heteroatoms. The minimum absolute atomic E-state index is 0.0191. The van der Waals surface area contributed by atoms with Gasteiger partial charge in [-0.3, -0.25) is 4.79 Å². The molecule has 2 aromatic carbocycles. The summed E-state index contributed by atoms with van der Waals surface area (Å²) in [6, 6.07) is 13.3. The fourth-order valence-corrected chi connectivity index (χ4v) is 2.45. The van der Waals surface area contributed by atoms with Crippen molar-refractivity contribution in [3.63, 3.8) is 0 Å². The van der Waals surface area contributed by atoms with Crippen molar-refractivity contribution < 1.29 is 4.79 Å². The van der Waals surface area contributed by atoms with E-state index < -0.39 is 0 Å². The molecule has 0 fully saturated rings. The van der Waals surface area contributed by atoms with Gasteiger partial charge in [0.15, 0.2) is 0 Å². The first kappa shape index (κ1) is 17.8. The van der Waals surface area contributed by atoms with E-state index in [0.29, 0.717) is 18.0 Å². The highest BCUT2D eigenvalue weighted by Crippen LogP contribution is 2.20. The standard InChI is InChI=1S/C18H20Cl2N2O/c1-13-2-5-16(20)12-17(13)22-18(23)9-11-21-10-8-14-3-6-15(19)7-4-14/h2-7,12,21H,8-11H2,1H3,(H,22,23). The molecule has 0 spiro atoms. The maximum Gasteiger partial charge on any atom is 0.225 e. The van der Waals surface area contributed by atoms with Gasteiger partial charge in [0.1, 0.15) is 0 Å². The summed E-state index contributed by atoms with van der Waals surface area (Å²) in [6.07, 6.45) is 1.33. The number of nitrogens with one attached hydrogen (secondary N) is 2. The molecular formula is C18H20Cl2N2O. The van der Waals surface area contributed by atoms with E-state index in [1.54, 1.807) is 6.07 Å². The highest BCUT2D eigenvalue weighted by molar-refractivity contribution is 6.31. The Bertz CT molecular complexity index is 657. The van der Waals surface area contributed by atoms with Crippen LogP contribution in [-0.4, -0.2) is 19.0 Å². The Morgan fingerprint density at radius 1 is 1.00 bits per heavy atom. The summed E-state index contributed by atoms with van der Waals surface area (Å²) in [4.78, 5) is 11.9. The summed E-state index contributed by atoms with van der Waals surface area (Å²) in [5.41, 5.74) is 2.99. The molecule has 0 aliphatic heterocycles. The van der Waals surface area contributed by atoms with E-state index in [9.17, 15) is 4.79 Å². The van der Waals surface area contributed by atoms with Crippen molar-refractivity contribution in [3.8, 4) is 0 Å². The van der Waals surface area contributed by atoms with E-state index >= 15 is 0 Å². The van der Waals surface area contributed by atoms with Crippen LogP contribution >= 0.6 is 23.2 Å². The van der Waals surface area contributed by atoms with Crippen LogP contribution in [-0.2, 0) is 11.2 Å². The first-order chi connectivity index (χ1) is 11.0. The van der Waals surface area contributed by atoms with Gasteiger partial charge in [-0.05, 0) is 55.3 Å². The smallest absolute Gasteiger partial charge is 0.225 e. The summed E-state index contributed by atoms with van der Waals surface area (Å²) in [5.74, 6) is -0.0191. The third kappa shape index (κ3) is 6.22. The zero-order valence-electron chi connectivity index (χ0n) is 13.0. The molecule has 0 unspecified atom stereocenters. The van der Waals surface area contributed by atoms with Gasteiger partial charge in [0.2, 0.25) is 5.91 Å². The average molecular weight is 351 g/mol. The number of carbonyl (C=O) groups is 1. The molecule has 0 radical (unpaired) electrons. The molecule has 1 amide bonds. The van der Waals surface area contributed by atoms with E-state index in [4.69, 9.17) is 23.2 Å². The molecule has 0 aliphatic carbocycles. The van der Waals surface area contributed by atoms with Crippen molar-refractivity contribution in [3.05, 3.63) is 63.6 Å². The third-order valence-corrected chi connectivity index (χ3v) is 3.99. The van der Waals surface area contributed by atoms with Gasteiger partial charge < -0.3 is 10.6 Å². The number of rotatable bonds is 7. The lowest BCUT2D eigenvalue weighted by molar-refractivity contribution is -0.116. The highest BCUT2D eigenvalue weighted by atomic mass is 35.5. The molecule has 0 atom stereocenters. The minimum atomic E-state index is -0.0191. The molecule has 2 rings (SSSR count). The number of benzene rings is 2. The molecule has 23 heavy (non-hydrogen) atoms. The van der Waals surface area contributed by atoms with E-state index in [1.165, 1.54) is 5.56 Å². The molecule has 0 aromatic heterocycles. The second-order valence-electron chi connectivity index (χ2n) is 5.38. The topological polar surface area (TPSA) is 41.1 Å². The zero-order chi connectivity index (χ0) is 16.7. The van der Waals surface area contributed by atoms with Crippen molar-refractivity contribution in [2.45, 2.75) is 19.8 Å². The monoisotopic (exact) mass is 350 g/mol. The largest absolute Gasteiger partial charge is 0.326 e. The first-order valence-electron chi connectivity index (χ1n) is 7.56. The second kappa shape index (κ2) is 8.92. The number of hydrogen-bond acceptors (Lipinski definition) is 2. The molecule has 2 N–H and O–H groups in total. The summed E-state index contributed by atoms with van der Waals surface area (Å²) in [6.45, 7) is 3.40. The minimum Gasteiger partial charge on any atom is -0.326 e. The van der Waals surface area contributed by atoms with Gasteiger partial charge in [-0.15, -0.1) is 0 Å². The Hall–Kier alpha value is -1.55. The Morgan fingerprint density at radius 2 is 1.70 bits per heavy atom. The predicted octanol–water partition coefficient (Wildman–Crippen LogP) is 4.46. The van der Waals surface area contributed by atoms with Gasteiger partial charge in [-0.2, -0.15) is 0 Å². The van der Waals surface area contributed by atoms with Crippen molar-refractivity contribution >= 4 is 34.8 Å². The summed E-state index contributed by atoms with van der Waals surface area (Å²) in [5, 5.41) is 7.52. The van der Waals surface area contributed by atoms with Crippen LogP contribution in [0.4, 0.5) is 5.69 Å². The van der Waals surface area contributed by atoms with Crippen LogP contribution in [0.3, 0.4) is 0 Å². The predicted molar refractivity (Wildman–Crippen MR) is 97.5 cm³/mol.